The Morgan fingerprint density at radius 2 is 1.88 bits per heavy atom. The van der Waals surface area contributed by atoms with Crippen LogP contribution in [0.5, 0.6) is 0 Å². The third-order valence-electron chi connectivity index (χ3n) is 4.40. The van der Waals surface area contributed by atoms with Gasteiger partial charge in [-0.25, -0.2) is 0 Å². The number of carbonyl (C=O) groups excluding carboxylic acids is 1. The van der Waals surface area contributed by atoms with E-state index in [2.05, 4.69) is 6.92 Å². The number of fused-ring (bicyclic) bond motifs is 1. The monoisotopic (exact) mass is 378 g/mol. The number of halogens is 3. The first-order valence-electron chi connectivity index (χ1n) is 8.29. The van der Waals surface area contributed by atoms with Gasteiger partial charge in [-0.05, 0) is 24.6 Å². The molecule has 2 unspecified atom stereocenters. The number of thioether (sulfide) groups is 1. The summed E-state index contributed by atoms with van der Waals surface area (Å²) in [5.74, 6) is -0.694. The van der Waals surface area contributed by atoms with Crippen LogP contribution in [0.3, 0.4) is 0 Å². The predicted octanol–water partition coefficient (Wildman–Crippen LogP) is 5.67. The molecule has 0 aliphatic carbocycles. The van der Waals surface area contributed by atoms with Crippen LogP contribution >= 0.6 is 11.8 Å². The van der Waals surface area contributed by atoms with Crippen molar-refractivity contribution in [3.05, 3.63) is 66.1 Å². The van der Waals surface area contributed by atoms with Crippen molar-refractivity contribution in [3.63, 3.8) is 0 Å². The summed E-state index contributed by atoms with van der Waals surface area (Å²) in [5, 5.41) is -0.339. The fourth-order valence-electron chi connectivity index (χ4n) is 3.20. The molecule has 2 atom stereocenters. The molecular formula is C20H19F3NOS-. The normalized spacial score (nSPS) is 18.6. The van der Waals surface area contributed by atoms with Crippen LogP contribution in [0.1, 0.15) is 36.5 Å². The molecule has 0 saturated heterocycles. The van der Waals surface area contributed by atoms with Crippen molar-refractivity contribution in [2.75, 3.05) is 4.90 Å². The molecule has 1 amide bonds. The van der Waals surface area contributed by atoms with Crippen molar-refractivity contribution in [1.82, 2.24) is 0 Å². The maximum Gasteiger partial charge on any atom is 0.416 e. The SMILES string of the molecule is [CH2-]C(C)c1cccc(CN2C(=O)C(C)Sc3ccccc32)c1C(F)(F)F. The number of para-hydroxylation sites is 1. The van der Waals surface area contributed by atoms with Crippen LogP contribution in [0.15, 0.2) is 47.4 Å². The zero-order chi connectivity index (χ0) is 19.1. The first-order chi connectivity index (χ1) is 12.2. The van der Waals surface area contributed by atoms with Gasteiger partial charge in [0.15, 0.2) is 0 Å². The van der Waals surface area contributed by atoms with Gasteiger partial charge in [0.1, 0.15) is 0 Å². The molecule has 1 aliphatic heterocycles. The number of rotatable bonds is 3. The molecule has 0 spiro atoms. The lowest BCUT2D eigenvalue weighted by molar-refractivity contribution is -0.139. The van der Waals surface area contributed by atoms with Crippen LogP contribution in [0.25, 0.3) is 0 Å². The summed E-state index contributed by atoms with van der Waals surface area (Å²) >= 11 is 1.43. The standard InChI is InChI=1S/C20H19F3NOS/c1-12(2)15-8-6-7-14(18(15)20(21,22)23)11-24-16-9-4-5-10-17(16)26-13(3)19(24)25/h4-10,12-13H,1,11H2,2-3H3/q-1. The highest BCUT2D eigenvalue weighted by atomic mass is 32.2. The molecule has 3 rings (SSSR count). The van der Waals surface area contributed by atoms with Crippen LogP contribution in [0, 0.1) is 6.92 Å². The molecule has 0 saturated carbocycles. The minimum absolute atomic E-state index is 0.0905. The van der Waals surface area contributed by atoms with Crippen molar-refractivity contribution in [2.24, 2.45) is 0 Å². The zero-order valence-electron chi connectivity index (χ0n) is 14.5. The van der Waals surface area contributed by atoms with Crippen molar-refractivity contribution in [2.45, 2.75) is 42.6 Å². The number of hydrogen-bond donors (Lipinski definition) is 0. The zero-order valence-corrected chi connectivity index (χ0v) is 15.3. The number of alkyl halides is 3. The largest absolute Gasteiger partial charge is 0.416 e. The van der Waals surface area contributed by atoms with Gasteiger partial charge in [-0.1, -0.05) is 42.8 Å². The Bertz CT molecular complexity index is 832. The van der Waals surface area contributed by atoms with Crippen LogP contribution in [0.4, 0.5) is 18.9 Å². The van der Waals surface area contributed by atoms with E-state index in [-0.39, 0.29) is 28.8 Å². The molecule has 0 fully saturated rings. The highest BCUT2D eigenvalue weighted by Gasteiger charge is 2.38. The van der Waals surface area contributed by atoms with E-state index in [9.17, 15) is 18.0 Å². The Kier molecular flexibility index (Phi) is 5.06. The smallest absolute Gasteiger partial charge is 0.336 e. The molecule has 2 nitrogen and oxygen atoms in total. The molecule has 138 valence electrons. The van der Waals surface area contributed by atoms with Gasteiger partial charge >= 0.3 is 6.18 Å². The van der Waals surface area contributed by atoms with Gasteiger partial charge in [0, 0.05) is 4.90 Å². The van der Waals surface area contributed by atoms with Gasteiger partial charge in [0.05, 0.1) is 23.0 Å². The molecule has 2 aromatic rings. The van der Waals surface area contributed by atoms with Gasteiger partial charge in [0.25, 0.3) is 0 Å². The third kappa shape index (κ3) is 3.47. The second-order valence-corrected chi connectivity index (χ2v) is 7.81. The summed E-state index contributed by atoms with van der Waals surface area (Å²) in [6.07, 6.45) is -4.50. The molecule has 0 bridgehead atoms. The summed E-state index contributed by atoms with van der Waals surface area (Å²) < 4.78 is 41.3. The number of amides is 1. The van der Waals surface area contributed by atoms with Crippen molar-refractivity contribution < 1.29 is 18.0 Å². The molecule has 6 heteroatoms. The van der Waals surface area contributed by atoms with Gasteiger partial charge in [0.2, 0.25) is 5.91 Å². The minimum Gasteiger partial charge on any atom is -0.336 e. The van der Waals surface area contributed by atoms with Gasteiger partial charge in [-0.3, -0.25) is 4.79 Å². The van der Waals surface area contributed by atoms with E-state index in [1.165, 1.54) is 28.8 Å². The van der Waals surface area contributed by atoms with Crippen LogP contribution in [-0.4, -0.2) is 11.2 Å². The molecule has 1 aliphatic rings. The number of nitrogens with zero attached hydrogens (tertiary/aromatic N) is 1. The second-order valence-electron chi connectivity index (χ2n) is 6.43. The van der Waals surface area contributed by atoms with E-state index in [0.29, 0.717) is 5.69 Å². The fourth-order valence-corrected chi connectivity index (χ4v) is 4.27. The van der Waals surface area contributed by atoms with E-state index in [1.54, 1.807) is 32.0 Å². The second kappa shape index (κ2) is 6.99. The Morgan fingerprint density at radius 1 is 1.19 bits per heavy atom. The van der Waals surface area contributed by atoms with E-state index >= 15 is 0 Å². The Balaban J connectivity index is 2.09. The number of carbonyl (C=O) groups is 1. The average molecular weight is 378 g/mol. The lowest BCUT2D eigenvalue weighted by atomic mass is 9.92. The number of anilines is 1. The van der Waals surface area contributed by atoms with Crippen molar-refractivity contribution in [3.8, 4) is 0 Å². The maximum atomic E-state index is 13.8. The predicted molar refractivity (Wildman–Crippen MR) is 98.2 cm³/mol. The van der Waals surface area contributed by atoms with E-state index in [4.69, 9.17) is 0 Å². The summed E-state index contributed by atoms with van der Waals surface area (Å²) in [6, 6.07) is 11.8. The molecule has 0 aromatic heterocycles. The minimum atomic E-state index is -4.50. The molecule has 1 heterocycles. The molecule has 2 aromatic carbocycles. The topological polar surface area (TPSA) is 20.3 Å². The summed E-state index contributed by atoms with van der Waals surface area (Å²) in [7, 11) is 0. The lowest BCUT2D eigenvalue weighted by Gasteiger charge is -2.33. The summed E-state index contributed by atoms with van der Waals surface area (Å²) in [4.78, 5) is 15.0. The van der Waals surface area contributed by atoms with E-state index in [1.807, 2.05) is 12.1 Å². The summed E-state index contributed by atoms with van der Waals surface area (Å²) in [5.41, 5.74) is 0.211. The summed E-state index contributed by atoms with van der Waals surface area (Å²) in [6.45, 7) is 7.04. The molecule has 0 radical (unpaired) electrons. The Labute approximate surface area is 155 Å². The van der Waals surface area contributed by atoms with Crippen molar-refractivity contribution >= 4 is 23.4 Å². The van der Waals surface area contributed by atoms with Crippen LogP contribution < -0.4 is 4.90 Å². The third-order valence-corrected chi connectivity index (χ3v) is 5.55. The maximum absolute atomic E-state index is 13.8. The quantitative estimate of drug-likeness (QED) is 0.642. The number of hydrogen-bond acceptors (Lipinski definition) is 2. The van der Waals surface area contributed by atoms with E-state index < -0.39 is 17.7 Å². The molecule has 26 heavy (non-hydrogen) atoms. The van der Waals surface area contributed by atoms with Gasteiger partial charge in [-0.2, -0.15) is 13.2 Å². The average Bonchev–Trinajstić information content (AvgIpc) is 2.57. The highest BCUT2D eigenvalue weighted by Crippen LogP contribution is 2.42. The lowest BCUT2D eigenvalue weighted by Crippen LogP contribution is -2.39. The fraction of sp³-hybridized carbons (Fsp3) is 0.300. The Morgan fingerprint density at radius 3 is 2.54 bits per heavy atom. The highest BCUT2D eigenvalue weighted by molar-refractivity contribution is 8.00. The first kappa shape index (κ1) is 18.8. The van der Waals surface area contributed by atoms with E-state index in [0.717, 1.165) is 4.90 Å². The molecule has 0 N–H and O–H groups in total. The molecular weight excluding hydrogens is 359 g/mol. The van der Waals surface area contributed by atoms with Gasteiger partial charge in [-0.15, -0.1) is 17.7 Å². The first-order valence-corrected chi connectivity index (χ1v) is 9.17. The number of benzene rings is 2. The van der Waals surface area contributed by atoms with Crippen LogP contribution in [0.2, 0.25) is 0 Å². The van der Waals surface area contributed by atoms with Crippen molar-refractivity contribution in [1.29, 1.82) is 0 Å². The van der Waals surface area contributed by atoms with Gasteiger partial charge < -0.3 is 11.8 Å². The van der Waals surface area contributed by atoms with Crippen LogP contribution in [-0.2, 0) is 17.5 Å². The Hall–Kier alpha value is -1.95.